The van der Waals surface area contributed by atoms with Crippen LogP contribution < -0.4 is 0 Å². The van der Waals surface area contributed by atoms with Gasteiger partial charge in [0, 0.05) is 11.2 Å². The summed E-state index contributed by atoms with van der Waals surface area (Å²) >= 11 is 3.44. The summed E-state index contributed by atoms with van der Waals surface area (Å²) in [7, 11) is 0. The highest BCUT2D eigenvalue weighted by molar-refractivity contribution is 9.09. The van der Waals surface area contributed by atoms with Crippen molar-refractivity contribution in [1.29, 1.82) is 0 Å². The van der Waals surface area contributed by atoms with E-state index in [1.165, 1.54) is 0 Å². The topological polar surface area (TPSA) is 30.7 Å². The molecule has 0 amide bonds. The van der Waals surface area contributed by atoms with Crippen LogP contribution in [-0.2, 0) is 0 Å². The van der Waals surface area contributed by atoms with Crippen LogP contribution in [0.25, 0.3) is 5.69 Å². The molecule has 3 nitrogen and oxygen atoms in total. The van der Waals surface area contributed by atoms with Crippen molar-refractivity contribution in [3.05, 3.63) is 42.2 Å². The number of alkyl halides is 1. The molecule has 2 rings (SSSR count). The maximum absolute atomic E-state index is 4.15. The first-order valence-electron chi connectivity index (χ1n) is 4.85. The second kappa shape index (κ2) is 4.57. The second-order valence-electron chi connectivity index (χ2n) is 3.48. The van der Waals surface area contributed by atoms with Gasteiger partial charge in [-0.05, 0) is 12.1 Å². The molecule has 15 heavy (non-hydrogen) atoms. The van der Waals surface area contributed by atoms with E-state index in [-0.39, 0.29) is 0 Å². The number of hydrogen-bond acceptors (Lipinski definition) is 2. The van der Waals surface area contributed by atoms with Crippen LogP contribution in [0.5, 0.6) is 0 Å². The molecular weight excluding hydrogens is 254 g/mol. The Hall–Kier alpha value is -1.16. The summed E-state index contributed by atoms with van der Waals surface area (Å²) in [5.74, 6) is 0.391. The first kappa shape index (κ1) is 10.4. The van der Waals surface area contributed by atoms with Crippen LogP contribution in [0.15, 0.2) is 36.5 Å². The third-order valence-electron chi connectivity index (χ3n) is 2.27. The molecule has 1 aromatic carbocycles. The van der Waals surface area contributed by atoms with Crippen LogP contribution in [0.4, 0.5) is 0 Å². The molecule has 4 heteroatoms. The molecule has 0 spiro atoms. The average Bonchev–Trinajstić information content (AvgIpc) is 2.78. The zero-order valence-electron chi connectivity index (χ0n) is 8.47. The molecule has 0 bridgehead atoms. The third kappa shape index (κ3) is 2.26. The molecule has 0 aliphatic heterocycles. The van der Waals surface area contributed by atoms with Crippen LogP contribution in [0, 0.1) is 0 Å². The Morgan fingerprint density at radius 1 is 1.33 bits per heavy atom. The van der Waals surface area contributed by atoms with Crippen molar-refractivity contribution in [2.45, 2.75) is 12.8 Å². The maximum Gasteiger partial charge on any atom is 0.0868 e. The smallest absolute Gasteiger partial charge is 0.0868 e. The summed E-state index contributed by atoms with van der Waals surface area (Å²) in [5.41, 5.74) is 2.05. The second-order valence-corrected chi connectivity index (χ2v) is 4.13. The van der Waals surface area contributed by atoms with Crippen molar-refractivity contribution in [2.24, 2.45) is 0 Å². The quantitative estimate of drug-likeness (QED) is 0.800. The predicted molar refractivity (Wildman–Crippen MR) is 63.6 cm³/mol. The van der Waals surface area contributed by atoms with E-state index >= 15 is 0 Å². The predicted octanol–water partition coefficient (Wildman–Crippen LogP) is 2.77. The van der Waals surface area contributed by atoms with E-state index in [0.717, 1.165) is 16.7 Å². The Morgan fingerprint density at radius 3 is 2.73 bits per heavy atom. The summed E-state index contributed by atoms with van der Waals surface area (Å²) < 4.78 is 1.80. The lowest BCUT2D eigenvalue weighted by atomic mass is 10.1. The lowest BCUT2D eigenvalue weighted by Gasteiger charge is -2.00. The van der Waals surface area contributed by atoms with E-state index in [0.29, 0.717) is 5.92 Å². The maximum atomic E-state index is 4.15. The van der Waals surface area contributed by atoms with Gasteiger partial charge in [0.1, 0.15) is 0 Å². The largest absolute Gasteiger partial charge is 0.220 e. The molecule has 0 aliphatic rings. The van der Waals surface area contributed by atoms with Gasteiger partial charge in [0.05, 0.1) is 17.6 Å². The summed E-state index contributed by atoms with van der Waals surface area (Å²) in [6, 6.07) is 9.99. The molecule has 0 radical (unpaired) electrons. The Bertz CT molecular complexity index is 424. The molecule has 1 atom stereocenters. The van der Waals surface area contributed by atoms with E-state index in [2.05, 4.69) is 33.2 Å². The first-order chi connectivity index (χ1) is 7.31. The van der Waals surface area contributed by atoms with Gasteiger partial charge in [0.15, 0.2) is 0 Å². The minimum atomic E-state index is 0.391. The van der Waals surface area contributed by atoms with Gasteiger partial charge in [-0.25, -0.2) is 4.68 Å². The molecular formula is C11H12BrN3. The number of para-hydroxylation sites is 1. The van der Waals surface area contributed by atoms with Crippen LogP contribution >= 0.6 is 15.9 Å². The SMILES string of the molecule is CC(CBr)c1cn(-c2ccccc2)nn1. The van der Waals surface area contributed by atoms with Crippen molar-refractivity contribution in [2.75, 3.05) is 5.33 Å². The Labute approximate surface area is 97.2 Å². The van der Waals surface area contributed by atoms with Gasteiger partial charge in [0.2, 0.25) is 0 Å². The Morgan fingerprint density at radius 2 is 2.07 bits per heavy atom. The number of benzene rings is 1. The summed E-state index contributed by atoms with van der Waals surface area (Å²) in [6.45, 7) is 2.12. The monoisotopic (exact) mass is 265 g/mol. The van der Waals surface area contributed by atoms with Gasteiger partial charge in [-0.2, -0.15) is 0 Å². The van der Waals surface area contributed by atoms with Gasteiger partial charge < -0.3 is 0 Å². The van der Waals surface area contributed by atoms with Gasteiger partial charge in [-0.1, -0.05) is 46.3 Å². The number of hydrogen-bond donors (Lipinski definition) is 0. The van der Waals surface area contributed by atoms with Crippen LogP contribution in [-0.4, -0.2) is 20.3 Å². The van der Waals surface area contributed by atoms with Crippen molar-refractivity contribution in [3.8, 4) is 5.69 Å². The standard InChI is InChI=1S/C11H12BrN3/c1-9(7-12)11-8-15(14-13-11)10-5-3-2-4-6-10/h2-6,8-9H,7H2,1H3. The molecule has 2 aromatic rings. The minimum absolute atomic E-state index is 0.391. The fraction of sp³-hybridized carbons (Fsp3) is 0.273. The highest BCUT2D eigenvalue weighted by Gasteiger charge is 2.08. The third-order valence-corrected chi connectivity index (χ3v) is 3.24. The number of rotatable bonds is 3. The fourth-order valence-electron chi connectivity index (χ4n) is 1.29. The molecule has 0 fully saturated rings. The lowest BCUT2D eigenvalue weighted by Crippen LogP contribution is -1.94. The number of aromatic nitrogens is 3. The molecule has 1 unspecified atom stereocenters. The number of halogens is 1. The van der Waals surface area contributed by atoms with Crippen LogP contribution in [0.2, 0.25) is 0 Å². The summed E-state index contributed by atoms with van der Waals surface area (Å²) in [4.78, 5) is 0. The van der Waals surface area contributed by atoms with Crippen molar-refractivity contribution in [3.63, 3.8) is 0 Å². The van der Waals surface area contributed by atoms with Gasteiger partial charge in [-0.3, -0.25) is 0 Å². The molecule has 0 saturated carbocycles. The van der Waals surface area contributed by atoms with E-state index in [1.807, 2.05) is 36.5 Å². The van der Waals surface area contributed by atoms with Crippen molar-refractivity contribution >= 4 is 15.9 Å². The molecule has 0 aliphatic carbocycles. The van der Waals surface area contributed by atoms with Crippen molar-refractivity contribution < 1.29 is 0 Å². The molecule has 1 heterocycles. The van der Waals surface area contributed by atoms with E-state index in [1.54, 1.807) is 4.68 Å². The van der Waals surface area contributed by atoms with Gasteiger partial charge in [0.25, 0.3) is 0 Å². The van der Waals surface area contributed by atoms with Gasteiger partial charge >= 0.3 is 0 Å². The zero-order chi connectivity index (χ0) is 10.7. The molecule has 1 aromatic heterocycles. The van der Waals surface area contributed by atoms with Gasteiger partial charge in [-0.15, -0.1) is 5.10 Å². The Kier molecular flexibility index (Phi) is 3.16. The zero-order valence-corrected chi connectivity index (χ0v) is 10.1. The van der Waals surface area contributed by atoms with Crippen molar-refractivity contribution in [1.82, 2.24) is 15.0 Å². The highest BCUT2D eigenvalue weighted by Crippen LogP contribution is 2.15. The van der Waals surface area contributed by atoms with E-state index in [4.69, 9.17) is 0 Å². The number of nitrogens with zero attached hydrogens (tertiary/aromatic N) is 3. The van der Waals surface area contributed by atoms with E-state index in [9.17, 15) is 0 Å². The molecule has 78 valence electrons. The van der Waals surface area contributed by atoms with Crippen LogP contribution in [0.3, 0.4) is 0 Å². The molecule has 0 N–H and O–H groups in total. The fourth-order valence-corrected chi connectivity index (χ4v) is 1.62. The molecule has 0 saturated heterocycles. The average molecular weight is 266 g/mol. The van der Waals surface area contributed by atoms with E-state index < -0.39 is 0 Å². The minimum Gasteiger partial charge on any atom is -0.220 e. The summed E-state index contributed by atoms with van der Waals surface area (Å²) in [5, 5.41) is 9.15. The normalized spacial score (nSPS) is 12.7. The summed E-state index contributed by atoms with van der Waals surface area (Å²) in [6.07, 6.45) is 1.97. The highest BCUT2D eigenvalue weighted by atomic mass is 79.9. The van der Waals surface area contributed by atoms with Crippen LogP contribution in [0.1, 0.15) is 18.5 Å². The first-order valence-corrected chi connectivity index (χ1v) is 5.97. The lowest BCUT2D eigenvalue weighted by molar-refractivity contribution is 0.781. The Balaban J connectivity index is 2.28.